The van der Waals surface area contributed by atoms with E-state index >= 15 is 0 Å². The van der Waals surface area contributed by atoms with Crippen LogP contribution in [0.2, 0.25) is 0 Å². The van der Waals surface area contributed by atoms with E-state index in [1.165, 1.54) is 43.5 Å². The van der Waals surface area contributed by atoms with Gasteiger partial charge >= 0.3 is 6.18 Å². The second kappa shape index (κ2) is 7.71. The number of sulfone groups is 1. The summed E-state index contributed by atoms with van der Waals surface area (Å²) < 4.78 is 71.3. The van der Waals surface area contributed by atoms with Crippen LogP contribution in [0.15, 0.2) is 71.6 Å². The van der Waals surface area contributed by atoms with E-state index in [0.29, 0.717) is 16.5 Å². The van der Waals surface area contributed by atoms with Gasteiger partial charge in [-0.25, -0.2) is 8.42 Å². The Balaban J connectivity index is 1.93. The van der Waals surface area contributed by atoms with Gasteiger partial charge in [0.15, 0.2) is 9.84 Å². The molecule has 0 saturated heterocycles. The molecule has 1 N–H and O–H groups in total. The van der Waals surface area contributed by atoms with Crippen molar-refractivity contribution in [1.82, 2.24) is 0 Å². The van der Waals surface area contributed by atoms with Gasteiger partial charge in [-0.3, -0.25) is 0 Å². The molecule has 148 valence electrons. The molecule has 0 fully saturated rings. The Hall–Kier alpha value is -2.74. The van der Waals surface area contributed by atoms with Crippen LogP contribution in [0.3, 0.4) is 0 Å². The van der Waals surface area contributed by atoms with Crippen molar-refractivity contribution in [2.24, 2.45) is 0 Å². The summed E-state index contributed by atoms with van der Waals surface area (Å²) in [6.07, 6.45) is -4.75. The normalized spacial score (nSPS) is 13.3. The number of halogens is 3. The zero-order valence-corrected chi connectivity index (χ0v) is 15.7. The van der Waals surface area contributed by atoms with Crippen LogP contribution in [0.5, 0.6) is 5.75 Å². The van der Waals surface area contributed by atoms with Crippen LogP contribution in [-0.2, 0) is 9.84 Å². The van der Waals surface area contributed by atoms with Gasteiger partial charge in [0.05, 0.1) is 17.8 Å². The van der Waals surface area contributed by atoms with Crippen molar-refractivity contribution in [1.29, 1.82) is 0 Å². The van der Waals surface area contributed by atoms with E-state index in [1.807, 2.05) is 0 Å². The number of benzene rings is 3. The van der Waals surface area contributed by atoms with Crippen molar-refractivity contribution in [2.75, 3.05) is 18.2 Å². The number of hydrogen-bond acceptors (Lipinski definition) is 4. The summed E-state index contributed by atoms with van der Waals surface area (Å²) in [5.74, 6) is -0.631. The number of ether oxygens (including phenoxy) is 1. The number of anilines is 1. The maximum absolute atomic E-state index is 13.6. The van der Waals surface area contributed by atoms with E-state index in [9.17, 15) is 21.6 Å². The molecule has 0 radical (unpaired) electrons. The van der Waals surface area contributed by atoms with Crippen LogP contribution in [-0.4, -0.2) is 33.5 Å². The lowest BCUT2D eigenvalue weighted by Gasteiger charge is -2.23. The highest BCUT2D eigenvalue weighted by atomic mass is 32.2. The summed E-state index contributed by atoms with van der Waals surface area (Å²) >= 11 is 0. The lowest BCUT2D eigenvalue weighted by atomic mass is 10.1. The number of fused-ring (bicyclic) bond motifs is 1. The standard InChI is InChI=1S/C20H18F3NO3S/c1-27-16-11-9-15(10-12-16)24-19(20(21,22)23)13-28(25,26)18-8-4-6-14-5-2-3-7-17(14)18/h2-12,19,24H,13H2,1H3/t19-/m1/s1. The molecule has 3 aromatic carbocycles. The maximum atomic E-state index is 13.6. The first-order valence-corrected chi connectivity index (χ1v) is 10.0. The van der Waals surface area contributed by atoms with E-state index in [2.05, 4.69) is 5.32 Å². The molecule has 0 bridgehead atoms. The average molecular weight is 409 g/mol. The van der Waals surface area contributed by atoms with Crippen molar-refractivity contribution in [3.63, 3.8) is 0 Å². The summed E-state index contributed by atoms with van der Waals surface area (Å²) in [7, 11) is -2.77. The fourth-order valence-corrected chi connectivity index (χ4v) is 4.58. The first kappa shape index (κ1) is 20.0. The highest BCUT2D eigenvalue weighted by Gasteiger charge is 2.43. The predicted molar refractivity (Wildman–Crippen MR) is 102 cm³/mol. The van der Waals surface area contributed by atoms with Gasteiger partial charge in [-0.05, 0) is 35.7 Å². The van der Waals surface area contributed by atoms with E-state index in [1.54, 1.807) is 30.3 Å². The van der Waals surface area contributed by atoms with Crippen LogP contribution < -0.4 is 10.1 Å². The molecule has 3 aromatic rings. The molecule has 8 heteroatoms. The third-order valence-electron chi connectivity index (χ3n) is 4.30. The number of alkyl halides is 3. The molecule has 28 heavy (non-hydrogen) atoms. The molecule has 0 saturated carbocycles. The third-order valence-corrected chi connectivity index (χ3v) is 6.10. The van der Waals surface area contributed by atoms with E-state index < -0.39 is 27.8 Å². The zero-order chi connectivity index (χ0) is 20.4. The Morgan fingerprint density at radius 1 is 0.964 bits per heavy atom. The van der Waals surface area contributed by atoms with Gasteiger partial charge in [-0.2, -0.15) is 13.2 Å². The molecule has 3 rings (SSSR count). The van der Waals surface area contributed by atoms with Gasteiger partial charge in [0.25, 0.3) is 0 Å². The number of methoxy groups -OCH3 is 1. The topological polar surface area (TPSA) is 55.4 Å². The minimum atomic E-state index is -4.75. The molecule has 0 heterocycles. The highest BCUT2D eigenvalue weighted by Crippen LogP contribution is 2.30. The van der Waals surface area contributed by atoms with E-state index in [4.69, 9.17) is 4.74 Å². The Morgan fingerprint density at radius 3 is 2.25 bits per heavy atom. The number of rotatable bonds is 6. The first-order valence-electron chi connectivity index (χ1n) is 8.38. The minimum Gasteiger partial charge on any atom is -0.497 e. The molecule has 0 amide bonds. The summed E-state index contributed by atoms with van der Waals surface area (Å²) in [6, 6.07) is 14.8. The second-order valence-corrected chi connectivity index (χ2v) is 8.23. The Kier molecular flexibility index (Phi) is 5.51. The summed E-state index contributed by atoms with van der Waals surface area (Å²) in [4.78, 5) is -0.114. The largest absolute Gasteiger partial charge is 0.497 e. The Labute approximate surface area is 160 Å². The van der Waals surface area contributed by atoms with Crippen molar-refractivity contribution in [3.8, 4) is 5.75 Å². The lowest BCUT2D eigenvalue weighted by Crippen LogP contribution is -2.42. The molecule has 0 aliphatic rings. The lowest BCUT2D eigenvalue weighted by molar-refractivity contribution is -0.137. The van der Waals surface area contributed by atoms with Crippen molar-refractivity contribution < 1.29 is 26.3 Å². The Morgan fingerprint density at radius 2 is 1.61 bits per heavy atom. The molecule has 0 spiro atoms. The van der Waals surface area contributed by atoms with Crippen LogP contribution in [0, 0.1) is 0 Å². The first-order chi connectivity index (χ1) is 13.2. The summed E-state index contributed by atoms with van der Waals surface area (Å²) in [5, 5.41) is 3.33. The highest BCUT2D eigenvalue weighted by molar-refractivity contribution is 7.91. The van der Waals surface area contributed by atoms with Gasteiger partial charge in [-0.1, -0.05) is 36.4 Å². The van der Waals surface area contributed by atoms with Crippen molar-refractivity contribution in [3.05, 3.63) is 66.7 Å². The average Bonchev–Trinajstić information content (AvgIpc) is 2.66. The number of nitrogens with one attached hydrogen (secondary N) is 1. The van der Waals surface area contributed by atoms with Crippen molar-refractivity contribution >= 4 is 26.3 Å². The molecule has 0 aliphatic heterocycles. The zero-order valence-electron chi connectivity index (χ0n) is 14.9. The SMILES string of the molecule is COc1ccc(N[C@H](CS(=O)(=O)c2cccc3ccccc23)C(F)(F)F)cc1. The third kappa shape index (κ3) is 4.39. The van der Waals surface area contributed by atoms with Gasteiger partial charge in [0.1, 0.15) is 11.8 Å². The molecule has 4 nitrogen and oxygen atoms in total. The van der Waals surface area contributed by atoms with Gasteiger partial charge in [0, 0.05) is 11.1 Å². The fourth-order valence-electron chi connectivity index (χ4n) is 2.88. The molecular weight excluding hydrogens is 391 g/mol. The molecular formula is C20H18F3NO3S. The molecule has 0 aliphatic carbocycles. The van der Waals surface area contributed by atoms with Crippen LogP contribution >= 0.6 is 0 Å². The monoisotopic (exact) mass is 409 g/mol. The maximum Gasteiger partial charge on any atom is 0.409 e. The van der Waals surface area contributed by atoms with E-state index in [-0.39, 0.29) is 10.6 Å². The smallest absolute Gasteiger partial charge is 0.409 e. The van der Waals surface area contributed by atoms with Crippen LogP contribution in [0.1, 0.15) is 0 Å². The van der Waals surface area contributed by atoms with Crippen LogP contribution in [0.4, 0.5) is 18.9 Å². The summed E-state index contributed by atoms with van der Waals surface area (Å²) in [5.41, 5.74) is 0.149. The van der Waals surface area contributed by atoms with E-state index in [0.717, 1.165) is 0 Å². The van der Waals surface area contributed by atoms with Gasteiger partial charge < -0.3 is 10.1 Å². The minimum absolute atomic E-state index is 0.114. The molecule has 1 atom stereocenters. The predicted octanol–water partition coefficient (Wildman–Crippen LogP) is 4.67. The molecule has 0 unspecified atom stereocenters. The number of hydrogen-bond donors (Lipinski definition) is 1. The quantitative estimate of drug-likeness (QED) is 0.643. The molecule has 0 aromatic heterocycles. The Bertz CT molecular complexity index is 1060. The van der Waals surface area contributed by atoms with Gasteiger partial charge in [-0.15, -0.1) is 0 Å². The summed E-state index contributed by atoms with van der Waals surface area (Å²) in [6.45, 7) is 0. The second-order valence-electron chi connectivity index (χ2n) is 6.23. The van der Waals surface area contributed by atoms with Gasteiger partial charge in [0.2, 0.25) is 0 Å². The van der Waals surface area contributed by atoms with Crippen LogP contribution in [0.25, 0.3) is 10.8 Å². The van der Waals surface area contributed by atoms with Crippen molar-refractivity contribution in [2.45, 2.75) is 17.1 Å². The fraction of sp³-hybridized carbons (Fsp3) is 0.200.